The minimum atomic E-state index is 0.301. The lowest BCUT2D eigenvalue weighted by Gasteiger charge is -2.00. The number of nitrogens with two attached hydrogens (primary N) is 1. The highest BCUT2D eigenvalue weighted by atomic mass is 32.1. The number of rotatable bonds is 2. The van der Waals surface area contributed by atoms with Crippen LogP contribution in [0.2, 0.25) is 0 Å². The summed E-state index contributed by atoms with van der Waals surface area (Å²) in [5.74, 6) is 0.301. The molecule has 0 spiro atoms. The van der Waals surface area contributed by atoms with E-state index in [4.69, 9.17) is 5.73 Å². The molecule has 0 fully saturated rings. The van der Waals surface area contributed by atoms with Gasteiger partial charge in [-0.25, -0.2) is 0 Å². The monoisotopic (exact) mass is 181 g/mol. The average Bonchev–Trinajstić information content (AvgIpc) is 2.63. The van der Waals surface area contributed by atoms with Gasteiger partial charge in [-0.1, -0.05) is 0 Å². The Balaban J connectivity index is 2.14. The van der Waals surface area contributed by atoms with Gasteiger partial charge in [-0.05, 0) is 12.1 Å². The first-order valence-corrected chi connectivity index (χ1v) is 4.11. The summed E-state index contributed by atoms with van der Waals surface area (Å²) in [7, 11) is 0. The number of anilines is 2. The van der Waals surface area contributed by atoms with Gasteiger partial charge in [0, 0.05) is 23.9 Å². The van der Waals surface area contributed by atoms with Crippen LogP contribution in [0.25, 0.3) is 0 Å². The molecule has 3 N–H and O–H groups in total. The fourth-order valence-corrected chi connectivity index (χ4v) is 1.30. The van der Waals surface area contributed by atoms with Gasteiger partial charge >= 0.3 is 0 Å². The second-order valence-corrected chi connectivity index (χ2v) is 2.91. The van der Waals surface area contributed by atoms with Crippen molar-refractivity contribution in [2.75, 3.05) is 11.2 Å². The molecule has 2 heterocycles. The van der Waals surface area contributed by atoms with Crippen LogP contribution in [0.3, 0.4) is 0 Å². The Morgan fingerprint density at radius 2 is 2.17 bits per heavy atom. The molecule has 0 radical (unpaired) electrons. The van der Waals surface area contributed by atoms with E-state index < -0.39 is 0 Å². The normalized spacial score (nSPS) is 10.0. The molecular weight excluding hydrogens is 174 g/mol. The van der Waals surface area contributed by atoms with Gasteiger partial charge in [0.15, 0.2) is 0 Å². The van der Waals surface area contributed by atoms with Crippen LogP contribution in [0.1, 0.15) is 0 Å². The van der Waals surface area contributed by atoms with Gasteiger partial charge in [-0.3, -0.25) is 10.1 Å². The van der Waals surface area contributed by atoms with Gasteiger partial charge in [0.25, 0.3) is 0 Å². The van der Waals surface area contributed by atoms with Crippen molar-refractivity contribution in [3.63, 3.8) is 0 Å². The molecule has 12 heavy (non-hydrogen) atoms. The molecule has 5 nitrogen and oxygen atoms in total. The van der Waals surface area contributed by atoms with Crippen LogP contribution in [0.5, 0.6) is 0 Å². The molecule has 0 atom stereocenters. The minimum absolute atomic E-state index is 0.301. The van der Waals surface area contributed by atoms with Gasteiger partial charge in [-0.2, -0.15) is 9.36 Å². The third-order valence-electron chi connectivity index (χ3n) is 1.27. The first-order chi connectivity index (χ1) is 5.84. The number of hydrogen-bond acceptors (Lipinski definition) is 5. The van der Waals surface area contributed by atoms with Crippen molar-refractivity contribution in [3.8, 4) is 0 Å². The highest BCUT2D eigenvalue weighted by Gasteiger charge is 1.98. The summed E-state index contributed by atoms with van der Waals surface area (Å²) in [5.41, 5.74) is 8.33. The molecule has 0 amide bonds. The smallest absolute Gasteiger partial charge is 0.233 e. The Morgan fingerprint density at radius 3 is 2.75 bits per heavy atom. The molecule has 0 bridgehead atoms. The third kappa shape index (κ3) is 1.37. The number of nitrogens with one attached hydrogen (secondary N) is 1. The highest BCUT2D eigenvalue weighted by Crippen LogP contribution is 2.11. The van der Waals surface area contributed by atoms with Crippen LogP contribution >= 0.6 is 11.5 Å². The Labute approximate surface area is 73.0 Å². The fraction of sp³-hybridized carbons (Fsp3) is 0. The van der Waals surface area contributed by atoms with Gasteiger partial charge in [0.05, 0.1) is 0 Å². The largest absolute Gasteiger partial charge is 0.367 e. The van der Waals surface area contributed by atoms with Gasteiger partial charge in [0.2, 0.25) is 11.1 Å². The Morgan fingerprint density at radius 1 is 1.42 bits per heavy atom. The maximum Gasteiger partial charge on any atom is 0.233 e. The van der Waals surface area contributed by atoms with Crippen LogP contribution < -0.4 is 11.2 Å². The Hall–Kier alpha value is -1.56. The zero-order valence-corrected chi connectivity index (χ0v) is 6.95. The molecular formula is C6H7N5S. The third-order valence-corrected chi connectivity index (χ3v) is 1.90. The molecule has 6 heteroatoms. The van der Waals surface area contributed by atoms with Crippen LogP contribution in [0.4, 0.5) is 11.1 Å². The van der Waals surface area contributed by atoms with Gasteiger partial charge < -0.3 is 5.73 Å². The predicted molar refractivity (Wildman–Crippen MR) is 47.8 cm³/mol. The van der Waals surface area contributed by atoms with E-state index in [1.807, 2.05) is 24.5 Å². The van der Waals surface area contributed by atoms with Crippen molar-refractivity contribution in [3.05, 3.63) is 24.5 Å². The molecule has 0 unspecified atom stereocenters. The Bertz CT molecular complexity index is 352. The molecule has 0 saturated carbocycles. The molecule has 2 aromatic heterocycles. The van der Waals surface area contributed by atoms with E-state index >= 15 is 0 Å². The molecule has 0 aliphatic rings. The minimum Gasteiger partial charge on any atom is -0.367 e. The highest BCUT2D eigenvalue weighted by molar-refractivity contribution is 7.09. The second kappa shape index (κ2) is 2.82. The first-order valence-electron chi connectivity index (χ1n) is 3.34. The summed E-state index contributed by atoms with van der Waals surface area (Å²) in [6.45, 7) is 0. The maximum atomic E-state index is 5.35. The zero-order chi connectivity index (χ0) is 8.39. The molecule has 2 rings (SSSR count). The lowest BCUT2D eigenvalue weighted by molar-refractivity contribution is 0.965. The van der Waals surface area contributed by atoms with Crippen molar-refractivity contribution in [2.45, 2.75) is 0 Å². The molecule has 0 aromatic carbocycles. The fourth-order valence-electron chi connectivity index (χ4n) is 0.800. The molecule has 0 aliphatic carbocycles. The Kier molecular flexibility index (Phi) is 1.67. The van der Waals surface area contributed by atoms with E-state index in [2.05, 4.69) is 14.8 Å². The van der Waals surface area contributed by atoms with E-state index in [0.717, 1.165) is 0 Å². The molecule has 0 aliphatic heterocycles. The topological polar surface area (TPSA) is 68.8 Å². The number of aromatic nitrogens is 3. The molecule has 2 aromatic rings. The van der Waals surface area contributed by atoms with Crippen LogP contribution in [0.15, 0.2) is 24.5 Å². The number of nitrogen functional groups attached to an aromatic ring is 1. The summed E-state index contributed by atoms with van der Waals surface area (Å²) in [4.78, 5) is 3.94. The van der Waals surface area contributed by atoms with E-state index in [0.29, 0.717) is 11.1 Å². The van der Waals surface area contributed by atoms with Crippen molar-refractivity contribution < 1.29 is 0 Å². The lowest BCUT2D eigenvalue weighted by atomic mass is 10.7. The standard InChI is InChI=1S/C6H7N5S/c7-5-8-6(12-10-5)9-11-3-1-2-4-11/h1-4H,(H3,7,8,9,10). The van der Waals surface area contributed by atoms with E-state index in [1.54, 1.807) is 4.68 Å². The first kappa shape index (κ1) is 7.11. The number of nitrogens with zero attached hydrogens (tertiary/aromatic N) is 3. The lowest BCUT2D eigenvalue weighted by Crippen LogP contribution is -2.05. The SMILES string of the molecule is Nc1nsc(Nn2cccc2)n1. The number of hydrogen-bond donors (Lipinski definition) is 2. The quantitative estimate of drug-likeness (QED) is 0.719. The maximum absolute atomic E-state index is 5.35. The molecule has 62 valence electrons. The van der Waals surface area contributed by atoms with Crippen molar-refractivity contribution in [1.29, 1.82) is 0 Å². The van der Waals surface area contributed by atoms with E-state index in [1.165, 1.54) is 11.5 Å². The summed E-state index contributed by atoms with van der Waals surface area (Å²) in [6.07, 6.45) is 3.75. The van der Waals surface area contributed by atoms with E-state index in [-0.39, 0.29) is 0 Å². The summed E-state index contributed by atoms with van der Waals surface area (Å²) >= 11 is 1.23. The van der Waals surface area contributed by atoms with Crippen LogP contribution in [-0.2, 0) is 0 Å². The molecule has 0 saturated heterocycles. The van der Waals surface area contributed by atoms with Gasteiger partial charge in [0.1, 0.15) is 0 Å². The van der Waals surface area contributed by atoms with Crippen molar-refractivity contribution in [1.82, 2.24) is 14.0 Å². The van der Waals surface area contributed by atoms with Crippen LogP contribution in [-0.4, -0.2) is 14.0 Å². The average molecular weight is 181 g/mol. The van der Waals surface area contributed by atoms with Gasteiger partial charge in [-0.15, -0.1) is 0 Å². The van der Waals surface area contributed by atoms with E-state index in [9.17, 15) is 0 Å². The predicted octanol–water partition coefficient (Wildman–Crippen LogP) is 0.797. The summed E-state index contributed by atoms with van der Waals surface area (Å²) in [6, 6.07) is 3.83. The van der Waals surface area contributed by atoms with Crippen molar-refractivity contribution in [2.24, 2.45) is 0 Å². The van der Waals surface area contributed by atoms with Crippen molar-refractivity contribution >= 4 is 22.6 Å². The summed E-state index contributed by atoms with van der Waals surface area (Å²) in [5, 5.41) is 0.684. The van der Waals surface area contributed by atoms with Crippen LogP contribution in [0, 0.1) is 0 Å². The summed E-state index contributed by atoms with van der Waals surface area (Å²) < 4.78 is 5.61. The second-order valence-electron chi connectivity index (χ2n) is 2.16. The zero-order valence-electron chi connectivity index (χ0n) is 6.14.